The maximum atomic E-state index is 12.0. The normalized spacial score (nSPS) is 26.1. The minimum atomic E-state index is -1.18. The molecule has 1 unspecified atom stereocenters. The van der Waals surface area contributed by atoms with Crippen molar-refractivity contribution in [2.75, 3.05) is 18.5 Å². The number of hydrogen-bond donors (Lipinski definition) is 5. The number of nitrogens with one attached hydrogen (secondary N) is 2. The number of carbonyl (C=O) groups excluding carboxylic acids is 2. The smallest absolute Gasteiger partial charge is 0.237 e. The lowest BCUT2D eigenvalue weighted by atomic mass is 9.72. The molecule has 2 fully saturated rings. The molecule has 5 rings (SSSR count). The average molecular weight is 554 g/mol. The summed E-state index contributed by atoms with van der Waals surface area (Å²) in [4.78, 5) is 39.8. The summed E-state index contributed by atoms with van der Waals surface area (Å²) in [5.74, 6) is 0.212. The van der Waals surface area contributed by atoms with Gasteiger partial charge in [-0.05, 0) is 44.4 Å². The molecule has 0 radical (unpaired) electrons. The summed E-state index contributed by atoms with van der Waals surface area (Å²) in [6, 6.07) is 3.69. The average Bonchev–Trinajstić information content (AvgIpc) is 3.50. The van der Waals surface area contributed by atoms with Gasteiger partial charge in [-0.2, -0.15) is 0 Å². The number of nitrogens with zero attached hydrogens (tertiary/aromatic N) is 5. The number of pyridine rings is 1. The van der Waals surface area contributed by atoms with E-state index in [1.54, 1.807) is 12.4 Å². The summed E-state index contributed by atoms with van der Waals surface area (Å²) in [6.45, 7) is 6.21. The van der Waals surface area contributed by atoms with Gasteiger partial charge in [-0.1, -0.05) is 18.6 Å². The van der Waals surface area contributed by atoms with E-state index in [0.717, 1.165) is 5.56 Å². The number of aliphatic hydroxyl groups excluding tert-OH is 3. The van der Waals surface area contributed by atoms with Gasteiger partial charge in [-0.25, -0.2) is 15.0 Å². The number of amides is 2. The van der Waals surface area contributed by atoms with Crippen molar-refractivity contribution in [1.29, 1.82) is 0 Å². The van der Waals surface area contributed by atoms with Crippen LogP contribution in [-0.2, 0) is 19.7 Å². The Bertz CT molecular complexity index is 1360. The van der Waals surface area contributed by atoms with Gasteiger partial charge in [0, 0.05) is 25.4 Å². The third-order valence-electron chi connectivity index (χ3n) is 7.23. The third kappa shape index (κ3) is 5.87. The number of ether oxygens (including phenoxy) is 1. The van der Waals surface area contributed by atoms with Crippen molar-refractivity contribution >= 4 is 28.8 Å². The van der Waals surface area contributed by atoms with Crippen LogP contribution in [0, 0.1) is 0 Å². The van der Waals surface area contributed by atoms with Gasteiger partial charge in [0.05, 0.1) is 18.3 Å². The Hall–Kier alpha value is -3.78. The van der Waals surface area contributed by atoms with E-state index >= 15 is 0 Å². The molecule has 3 aromatic rings. The molecule has 0 aromatic carbocycles. The molecule has 5 heterocycles. The summed E-state index contributed by atoms with van der Waals surface area (Å²) < 4.78 is 7.06. The molecular weight excluding hydrogens is 518 g/mol. The summed E-state index contributed by atoms with van der Waals surface area (Å²) in [5.41, 5.74) is 2.58. The molecule has 5 N–H and O–H groups in total. The maximum absolute atomic E-state index is 12.0. The molecule has 2 aliphatic heterocycles. The zero-order chi connectivity index (χ0) is 28.9. The van der Waals surface area contributed by atoms with E-state index in [9.17, 15) is 24.9 Å². The van der Waals surface area contributed by atoms with E-state index < -0.39 is 30.0 Å². The summed E-state index contributed by atoms with van der Waals surface area (Å²) in [6.07, 6.45) is 5.85. The fourth-order valence-corrected chi connectivity index (χ4v) is 4.87. The first-order valence-electron chi connectivity index (χ1n) is 13.1. The Morgan fingerprint density at radius 1 is 1.20 bits per heavy atom. The van der Waals surface area contributed by atoms with Crippen molar-refractivity contribution in [3.05, 3.63) is 54.4 Å². The van der Waals surface area contributed by atoms with Crippen LogP contribution in [0.4, 0.5) is 5.82 Å². The number of anilines is 1. The zero-order valence-electron chi connectivity index (χ0n) is 22.7. The molecule has 0 spiro atoms. The molecule has 0 bridgehead atoms. The summed E-state index contributed by atoms with van der Waals surface area (Å²) >= 11 is 0. The second-order valence-electron chi connectivity index (χ2n) is 9.99. The van der Waals surface area contributed by atoms with Crippen LogP contribution in [0.3, 0.4) is 0 Å². The van der Waals surface area contributed by atoms with E-state index in [1.807, 2.05) is 39.0 Å². The van der Waals surface area contributed by atoms with Crippen molar-refractivity contribution in [3.63, 3.8) is 0 Å². The lowest BCUT2D eigenvalue weighted by Gasteiger charge is -2.34. The lowest BCUT2D eigenvalue weighted by Crippen LogP contribution is -2.51. The van der Waals surface area contributed by atoms with Crippen LogP contribution in [0.2, 0.25) is 0 Å². The van der Waals surface area contributed by atoms with Gasteiger partial charge in [0.25, 0.3) is 0 Å². The first kappa shape index (κ1) is 29.2. The third-order valence-corrected chi connectivity index (χ3v) is 7.23. The minimum absolute atomic E-state index is 0.178. The second kappa shape index (κ2) is 12.6. The Balaban J connectivity index is 0.000000201. The SMILES string of the molecule is CC(C)=CCNc1ncnc2c1ncn2[C@@H]1O[C@H](CO)[C@@H](O)[C@H]1O.CCC1(c2ccncc2)CCC(=O)NC1=O. The summed E-state index contributed by atoms with van der Waals surface area (Å²) in [7, 11) is 0. The molecule has 13 nitrogen and oxygen atoms in total. The van der Waals surface area contributed by atoms with E-state index in [1.165, 1.54) is 22.8 Å². The molecular formula is C27H35N7O6. The lowest BCUT2D eigenvalue weighted by molar-refractivity contribution is -0.138. The number of imide groups is 1. The Morgan fingerprint density at radius 3 is 2.58 bits per heavy atom. The number of fused-ring (bicyclic) bond motifs is 1. The van der Waals surface area contributed by atoms with Gasteiger partial charge in [0.1, 0.15) is 24.6 Å². The molecule has 13 heteroatoms. The number of imidazole rings is 1. The standard InChI is InChI=1S/C15H21N5O4.C12H14N2O2/c1-8(2)3-4-16-13-10-14(18-6-17-13)20(7-19-10)15-12(23)11(22)9(5-21)24-15;1-2-12(9-4-7-13-8-5-9)6-3-10(15)14-11(12)16/h3,6-7,9,11-12,15,21-23H,4-5H2,1-2H3,(H,16,17,18);4-5,7-8H,2-3,6H2,1H3,(H,14,15,16)/t9-,11-,12-,15-;/m1./s1. The van der Waals surface area contributed by atoms with Crippen LogP contribution in [0.25, 0.3) is 11.2 Å². The van der Waals surface area contributed by atoms with E-state index in [4.69, 9.17) is 4.74 Å². The van der Waals surface area contributed by atoms with E-state index in [0.29, 0.717) is 42.8 Å². The topological polar surface area (TPSA) is 185 Å². The van der Waals surface area contributed by atoms with Crippen LogP contribution >= 0.6 is 0 Å². The van der Waals surface area contributed by atoms with E-state index in [-0.39, 0.29) is 18.4 Å². The van der Waals surface area contributed by atoms with Crippen LogP contribution in [0.1, 0.15) is 51.8 Å². The predicted molar refractivity (Wildman–Crippen MR) is 145 cm³/mol. The Morgan fingerprint density at radius 2 is 1.95 bits per heavy atom. The maximum Gasteiger partial charge on any atom is 0.237 e. The van der Waals surface area contributed by atoms with Gasteiger partial charge < -0.3 is 25.4 Å². The van der Waals surface area contributed by atoms with Crippen LogP contribution in [0.5, 0.6) is 0 Å². The zero-order valence-corrected chi connectivity index (χ0v) is 22.7. The van der Waals surface area contributed by atoms with Gasteiger partial charge in [0.2, 0.25) is 11.8 Å². The van der Waals surface area contributed by atoms with Crippen LogP contribution in [-0.4, -0.2) is 83.1 Å². The van der Waals surface area contributed by atoms with Crippen molar-refractivity contribution in [2.45, 2.75) is 70.0 Å². The van der Waals surface area contributed by atoms with Gasteiger partial charge in [-0.15, -0.1) is 0 Å². The molecule has 3 aromatic heterocycles. The molecule has 214 valence electrons. The predicted octanol–water partition coefficient (Wildman–Crippen LogP) is 0.982. The molecule has 0 aliphatic carbocycles. The van der Waals surface area contributed by atoms with Crippen molar-refractivity contribution in [3.8, 4) is 0 Å². The molecule has 2 amide bonds. The highest BCUT2D eigenvalue weighted by atomic mass is 16.6. The highest BCUT2D eigenvalue weighted by molar-refractivity contribution is 6.03. The molecule has 40 heavy (non-hydrogen) atoms. The van der Waals surface area contributed by atoms with Crippen LogP contribution in [0.15, 0.2) is 48.8 Å². The molecule has 2 aliphatic rings. The number of carbonyl (C=O) groups is 2. The van der Waals surface area contributed by atoms with Crippen molar-refractivity contribution in [1.82, 2.24) is 29.8 Å². The van der Waals surface area contributed by atoms with E-state index in [2.05, 4.69) is 30.6 Å². The van der Waals surface area contributed by atoms with Crippen molar-refractivity contribution < 1.29 is 29.6 Å². The Kier molecular flexibility index (Phi) is 9.20. The highest BCUT2D eigenvalue weighted by Gasteiger charge is 2.44. The molecule has 2 saturated heterocycles. The fourth-order valence-electron chi connectivity index (χ4n) is 4.87. The summed E-state index contributed by atoms with van der Waals surface area (Å²) in [5, 5.41) is 34.9. The number of aliphatic hydroxyl groups is 3. The largest absolute Gasteiger partial charge is 0.394 e. The Labute approximate surface area is 231 Å². The fraction of sp³-hybridized carbons (Fsp3) is 0.481. The number of allylic oxidation sites excluding steroid dienone is 1. The van der Waals surface area contributed by atoms with Crippen LogP contribution < -0.4 is 10.6 Å². The number of hydrogen-bond acceptors (Lipinski definition) is 11. The van der Waals surface area contributed by atoms with Crippen molar-refractivity contribution in [2.24, 2.45) is 0 Å². The first-order valence-corrected chi connectivity index (χ1v) is 13.1. The quantitative estimate of drug-likeness (QED) is 0.207. The molecule has 5 atom stereocenters. The monoisotopic (exact) mass is 553 g/mol. The molecule has 0 saturated carbocycles. The number of rotatable bonds is 7. The minimum Gasteiger partial charge on any atom is -0.394 e. The second-order valence-corrected chi connectivity index (χ2v) is 9.99. The van der Waals surface area contributed by atoms with Gasteiger partial charge in [0.15, 0.2) is 23.2 Å². The first-order chi connectivity index (χ1) is 19.2. The van der Waals surface area contributed by atoms with Gasteiger partial charge in [-0.3, -0.25) is 24.5 Å². The number of piperidine rings is 1. The number of aromatic nitrogens is 5. The van der Waals surface area contributed by atoms with Gasteiger partial charge >= 0.3 is 0 Å². The highest BCUT2D eigenvalue weighted by Crippen LogP contribution is 2.35.